The number of rotatable bonds is 28. The van der Waals surface area contributed by atoms with Gasteiger partial charge in [-0.3, -0.25) is 18.7 Å². The topological polar surface area (TPSA) is 681 Å². The molecule has 6 aromatic heterocycles. The second-order valence-corrected chi connectivity index (χ2v) is 32.1. The van der Waals surface area contributed by atoms with Gasteiger partial charge in [-0.2, -0.15) is 42.2 Å². The quantitative estimate of drug-likeness (QED) is 0.0305. The van der Waals surface area contributed by atoms with Crippen molar-refractivity contribution in [2.24, 2.45) is 0 Å². The van der Waals surface area contributed by atoms with Gasteiger partial charge in [-0.25, -0.2) is 64.0 Å². The minimum Gasteiger partial charge on any atom is -0.396 e. The van der Waals surface area contributed by atoms with E-state index < -0.39 is 118 Å². The van der Waals surface area contributed by atoms with Crippen molar-refractivity contribution in [1.29, 1.82) is 0 Å². The highest BCUT2D eigenvalue weighted by Gasteiger charge is 2.48. The molecule has 19 N–H and O–H groups in total. The average Bonchev–Trinajstić information content (AvgIpc) is 1.99. The molecule has 6 aromatic rings. The van der Waals surface area contributed by atoms with Crippen LogP contribution in [-0.4, -0.2) is 151 Å². The first-order valence-corrected chi connectivity index (χ1v) is 36.7. The number of alkyl halides is 1. The highest BCUT2D eigenvalue weighted by Crippen LogP contribution is 2.68. The van der Waals surface area contributed by atoms with Crippen LogP contribution in [-0.2, 0) is 100 Å². The van der Waals surface area contributed by atoms with Gasteiger partial charge in [0.05, 0.1) is 53.5 Å². The molecule has 478 valence electrons. The number of nitrogens with two attached hydrogens (primary N) is 3. The fraction of sp³-hybridized carbons (Fsp3) is 0.452. The minimum atomic E-state index is -5.59. The van der Waals surface area contributed by atoms with Gasteiger partial charge in [-0.05, 0) is 38.8 Å². The molecule has 7 atom stereocenters. The van der Waals surface area contributed by atoms with Crippen LogP contribution in [0.2, 0.25) is 0 Å². The summed E-state index contributed by atoms with van der Waals surface area (Å²) in [5.74, 6) is 0.221. The molecule has 0 spiro atoms. The van der Waals surface area contributed by atoms with Crippen molar-refractivity contribution in [3.05, 3.63) is 70.4 Å². The van der Waals surface area contributed by atoms with Crippen LogP contribution >= 0.6 is 69.7 Å². The van der Waals surface area contributed by atoms with Gasteiger partial charge in [-0.1, -0.05) is 0 Å². The zero-order valence-electron chi connectivity index (χ0n) is 42.8. The summed E-state index contributed by atoms with van der Waals surface area (Å²) in [5.41, 5.74) is 17.0. The molecular weight excluding hydrogens is 1350 g/mol. The Morgan fingerprint density at radius 3 is 1.68 bits per heavy atom. The number of nitrogens with one attached hydrogen (secondary N) is 1. The Hall–Kier alpha value is -3.85. The summed E-state index contributed by atoms with van der Waals surface area (Å²) in [6, 6.07) is 3.07. The predicted molar refractivity (Wildman–Crippen MR) is 279 cm³/mol. The lowest BCUT2D eigenvalue weighted by atomic mass is 10.0. The molecule has 6 heterocycles. The summed E-state index contributed by atoms with van der Waals surface area (Å²) in [4.78, 5) is 133. The van der Waals surface area contributed by atoms with Crippen LogP contribution in [0.5, 0.6) is 0 Å². The fourth-order valence-corrected chi connectivity index (χ4v) is 16.9. The molecule has 44 nitrogen and oxygen atoms in total. The molecule has 0 radical (unpaired) electrons. The predicted octanol–water partition coefficient (Wildman–Crippen LogP) is 1.06. The van der Waals surface area contributed by atoms with E-state index in [0.29, 0.717) is 52.5 Å². The lowest BCUT2D eigenvalue weighted by Gasteiger charge is -2.26. The Morgan fingerprint density at radius 2 is 1.15 bits per heavy atom. The van der Waals surface area contributed by atoms with Crippen LogP contribution < -0.4 is 22.9 Å². The van der Waals surface area contributed by atoms with E-state index in [9.17, 15) is 69.8 Å². The van der Waals surface area contributed by atoms with Crippen LogP contribution in [0.25, 0.3) is 16.9 Å². The van der Waals surface area contributed by atoms with E-state index in [1.165, 1.54) is 59.9 Å². The molecule has 1 fully saturated rings. The van der Waals surface area contributed by atoms with E-state index in [2.05, 4.69) is 61.1 Å². The van der Waals surface area contributed by atoms with E-state index in [0.717, 1.165) is 4.52 Å². The monoisotopic (exact) mass is 1400 g/mol. The smallest absolute Gasteiger partial charge is 0.396 e. The summed E-state index contributed by atoms with van der Waals surface area (Å²) >= 11 is 0. The number of aromatic amines is 1. The number of nitrogen functional groups attached to an aromatic ring is 3. The number of phosphoric acid groups is 6. The Kier molecular flexibility index (Phi) is 22.9. The lowest BCUT2D eigenvalue weighted by molar-refractivity contribution is 0.00237. The first-order chi connectivity index (χ1) is 38.6. The lowest BCUT2D eigenvalue weighted by Crippen LogP contribution is -2.28. The van der Waals surface area contributed by atoms with Crippen molar-refractivity contribution >= 4 is 104 Å². The second-order valence-electron chi connectivity index (χ2n) is 17.8. The van der Waals surface area contributed by atoms with Crippen LogP contribution in [0.3, 0.4) is 0 Å². The maximum Gasteiger partial charge on any atom is 0.488 e. The van der Waals surface area contributed by atoms with Crippen molar-refractivity contribution < 1.29 is 144 Å². The summed E-state index contributed by atoms with van der Waals surface area (Å²) < 4.78 is 156. The normalized spacial score (nSPS) is 18.5. The third kappa shape index (κ3) is 23.6. The Morgan fingerprint density at radius 1 is 0.635 bits per heavy atom. The summed E-state index contributed by atoms with van der Waals surface area (Å²) in [6.07, 6.45) is 3.60. The number of anilines is 3. The molecule has 54 heteroatoms. The molecule has 0 aliphatic heterocycles. The maximum absolute atomic E-state index is 13.2. The molecule has 0 bridgehead atoms. The van der Waals surface area contributed by atoms with Gasteiger partial charge in [-0.15, -0.1) is 0 Å². The van der Waals surface area contributed by atoms with E-state index in [4.69, 9.17) is 70.6 Å². The highest BCUT2D eigenvalue weighted by atomic mass is 31.3. The Bertz CT molecular complexity index is 3900. The van der Waals surface area contributed by atoms with Gasteiger partial charge in [0, 0.05) is 36.6 Å². The van der Waals surface area contributed by atoms with Crippen molar-refractivity contribution in [1.82, 2.24) is 48.8 Å². The number of hydrogen-bond donors (Lipinski definition) is 16. The zero-order valence-corrected chi connectivity index (χ0v) is 50.8. The van der Waals surface area contributed by atoms with Gasteiger partial charge in [0.25, 0.3) is 0 Å². The molecular formula is C31H51FN13O31P9. The molecule has 85 heavy (non-hydrogen) atoms. The first kappa shape index (κ1) is 71.9. The number of fused-ring (bicyclic) bond motifs is 3. The van der Waals surface area contributed by atoms with Crippen molar-refractivity contribution in [2.75, 3.05) is 42.9 Å². The van der Waals surface area contributed by atoms with E-state index in [1.54, 1.807) is 6.07 Å². The first-order valence-electron chi connectivity index (χ1n) is 22.3. The molecule has 0 saturated heterocycles. The number of nitrogens with zero attached hydrogens (tertiary/aromatic N) is 9. The second kappa shape index (κ2) is 27.1. The zero-order chi connectivity index (χ0) is 64.2. The van der Waals surface area contributed by atoms with Crippen molar-refractivity contribution in [2.45, 2.75) is 63.3 Å². The van der Waals surface area contributed by atoms with Crippen LogP contribution in [0.1, 0.15) is 43.5 Å². The van der Waals surface area contributed by atoms with Gasteiger partial charge >= 0.3 is 75.4 Å². The Balaban J connectivity index is 0.000000233. The van der Waals surface area contributed by atoms with Crippen LogP contribution in [0.4, 0.5) is 21.8 Å². The van der Waals surface area contributed by atoms with E-state index in [1.807, 2.05) is 0 Å². The number of aromatic nitrogens is 10. The van der Waals surface area contributed by atoms with Crippen molar-refractivity contribution in [3.8, 4) is 0 Å². The molecule has 1 aliphatic rings. The van der Waals surface area contributed by atoms with Crippen LogP contribution in [0, 0.1) is 0 Å². The van der Waals surface area contributed by atoms with Gasteiger partial charge in [0.1, 0.15) is 31.5 Å². The molecule has 6 unspecified atom stereocenters. The van der Waals surface area contributed by atoms with Crippen LogP contribution in [0.15, 0.2) is 47.9 Å². The van der Waals surface area contributed by atoms with E-state index >= 15 is 0 Å². The number of H-pyrrole nitrogens is 1. The third-order valence-corrected chi connectivity index (χ3v) is 21.9. The maximum atomic E-state index is 13.2. The molecule has 0 aromatic carbocycles. The average molecular weight is 1400 g/mol. The summed E-state index contributed by atoms with van der Waals surface area (Å²) in [6.45, 7) is 1.85. The van der Waals surface area contributed by atoms with Crippen molar-refractivity contribution in [3.63, 3.8) is 0 Å². The summed E-state index contributed by atoms with van der Waals surface area (Å²) in [7, 11) is -47.8. The minimum absolute atomic E-state index is 0.0160. The highest BCUT2D eigenvalue weighted by molar-refractivity contribution is 7.69. The number of imidazole rings is 1. The molecule has 1 saturated carbocycles. The molecule has 1 aliphatic carbocycles. The summed E-state index contributed by atoms with van der Waals surface area (Å²) in [5, 5.41) is 11.9. The SMILES string of the molecule is CC(C)(Cc1cnn2c(=O)[nH]c(N)nc12)OCP(=O)(O)OP(=O)(O)OP(=O)(O)O.Nc1ccnc2c(CC3(OCP(=O)(O)OP(=O)(O)OP(=O)(O)O)CC3)cnn12.Nc1ccnn2c(C[C@H](CF)OCP(=O)(O)OP(=O)(O)OP(=O)(O)O)cnc12. The number of halogens is 1. The fourth-order valence-electron chi connectivity index (χ4n) is 6.69. The number of ether oxygens (including phenoxy) is 3. The van der Waals surface area contributed by atoms with Gasteiger partial charge in [0.15, 0.2) is 16.9 Å². The standard InChI is InChI=1S/C11H17N4O10P3.C10H16FN4O10P3.C10H18N5O11P3/c12-9-1-4-13-10-8(6-14-15(9)10)5-11(2-3-11)23-7-26(16,17)24-28(21,22)25-27(18,19)20;11-4-8(3-7-5-13-10-9(12)1-2-14-15(7)10)23-6-26(16,17)24-28(21,22)25-27(18,19)20;1-10(2,3-6-4-12-15-7(6)13-8(11)14-9(15)16)24-5-27(17,18)25-29(22,23)26-28(19,20)21/h1,4,6H,2-3,5,7,12H2,(H,16,17)(H,21,22)(H2,18,19,20);1-2,5,8H,3-4,6,12H2,(H,16,17)(H,21,22)(H2,18,19,20);4H,3,5H2,1-2H3,(H,17,18)(H,22,23)(H2,19,20,21)(H3,11,13,14,16)/t;8-;/m.1./s1. The third-order valence-electron chi connectivity index (χ3n) is 9.97. The van der Waals surface area contributed by atoms with Gasteiger partial charge < -0.3 is 90.1 Å². The Labute approximate surface area is 472 Å². The molecule has 7 rings (SSSR count). The van der Waals surface area contributed by atoms with Gasteiger partial charge in [0.2, 0.25) is 5.95 Å². The van der Waals surface area contributed by atoms with E-state index in [-0.39, 0.29) is 30.9 Å². The molecule has 0 amide bonds. The largest absolute Gasteiger partial charge is 0.488 e. The number of hydrogen-bond acceptors (Lipinski definition) is 28.